The third kappa shape index (κ3) is 5.50. The minimum Gasteiger partial charge on any atom is -0.488 e. The molecular weight excluding hydrogens is 476 g/mol. The van der Waals surface area contributed by atoms with Gasteiger partial charge in [-0.15, -0.1) is 0 Å². The molecule has 0 bridgehead atoms. The van der Waals surface area contributed by atoms with Gasteiger partial charge in [-0.1, -0.05) is 68.8 Å². The van der Waals surface area contributed by atoms with Crippen LogP contribution in [-0.2, 0) is 20.9 Å². The fourth-order valence-electron chi connectivity index (χ4n) is 5.55. The average molecular weight is 517 g/mol. The van der Waals surface area contributed by atoms with Crippen LogP contribution in [0.2, 0.25) is 0 Å². The van der Waals surface area contributed by atoms with Crippen molar-refractivity contribution in [2.24, 2.45) is 5.41 Å². The summed E-state index contributed by atoms with van der Waals surface area (Å²) in [6.45, 7) is 14.0. The summed E-state index contributed by atoms with van der Waals surface area (Å²) >= 11 is 0. The monoisotopic (exact) mass is 516 g/mol. The van der Waals surface area contributed by atoms with Crippen LogP contribution in [0.25, 0.3) is 11.3 Å². The van der Waals surface area contributed by atoms with E-state index in [2.05, 4.69) is 69.7 Å². The molecule has 6 heteroatoms. The van der Waals surface area contributed by atoms with Crippen LogP contribution in [0.15, 0.2) is 60.3 Å². The second kappa shape index (κ2) is 11.1. The van der Waals surface area contributed by atoms with E-state index >= 15 is 0 Å². The number of esters is 1. The molecule has 6 nitrogen and oxygen atoms in total. The maximum atomic E-state index is 13.3. The van der Waals surface area contributed by atoms with E-state index in [4.69, 9.17) is 9.47 Å². The van der Waals surface area contributed by atoms with Crippen LogP contribution in [-0.4, -0.2) is 53.8 Å². The third-order valence-electron chi connectivity index (χ3n) is 7.39. The topological polar surface area (TPSA) is 59.1 Å². The first-order chi connectivity index (χ1) is 18.0. The molecule has 0 spiro atoms. The molecule has 38 heavy (non-hydrogen) atoms. The van der Waals surface area contributed by atoms with Crippen molar-refractivity contribution in [3.63, 3.8) is 0 Å². The molecular formula is C32H40N2O4. The van der Waals surface area contributed by atoms with E-state index in [9.17, 15) is 9.59 Å². The molecule has 202 valence electrons. The quantitative estimate of drug-likeness (QED) is 0.442. The number of ether oxygens (including phenoxy) is 2. The predicted molar refractivity (Wildman–Crippen MR) is 150 cm³/mol. The summed E-state index contributed by atoms with van der Waals surface area (Å²) in [7, 11) is 2.10. The van der Waals surface area contributed by atoms with Crippen molar-refractivity contribution in [2.75, 3.05) is 20.2 Å². The van der Waals surface area contributed by atoms with Crippen LogP contribution in [0.1, 0.15) is 53.5 Å². The maximum Gasteiger partial charge on any atom is 0.343 e. The predicted octanol–water partition coefficient (Wildman–Crippen LogP) is 4.01. The minimum absolute atomic E-state index is 0.0784. The molecule has 2 aliphatic rings. The molecule has 0 saturated carbocycles. The van der Waals surface area contributed by atoms with Gasteiger partial charge in [-0.2, -0.15) is 0 Å². The number of fused-ring (bicyclic) bond motifs is 1. The molecule has 2 unspecified atom stereocenters. The molecule has 2 aromatic rings. The zero-order valence-electron chi connectivity index (χ0n) is 23.7. The molecule has 0 amide bonds. The van der Waals surface area contributed by atoms with Crippen LogP contribution in [0.4, 0.5) is 0 Å². The standard InChI is InChI=1S/C32H40N2O4/c1-8-37-31(36)24-18-34-25(17-26(24)35)30(33(7)19-28(34)32(4,5)6)23-15-12-16-27(29(23)21(2)3)38-20-22-13-10-9-11-14-22/h9-16,18,25,28H,8,17,19-20H2,1-7H3/b30-23-. The van der Waals surface area contributed by atoms with Crippen molar-refractivity contribution < 1.29 is 19.1 Å². The first-order valence-electron chi connectivity index (χ1n) is 13.4. The Hall–Kier alpha value is -3.54. The molecule has 1 saturated heterocycles. The Kier molecular flexibility index (Phi) is 8.00. The highest BCUT2D eigenvalue weighted by molar-refractivity contribution is 6.18. The van der Waals surface area contributed by atoms with Gasteiger partial charge in [-0.25, -0.2) is 4.79 Å². The lowest BCUT2D eigenvalue weighted by atomic mass is 9.80. The normalized spacial score (nSPS) is 21.0. The number of carbonyl (C=O) groups is 2. The van der Waals surface area contributed by atoms with E-state index in [0.717, 1.165) is 39.6 Å². The summed E-state index contributed by atoms with van der Waals surface area (Å²) in [6.07, 6.45) is 1.98. The number of nitrogens with zero attached hydrogens (tertiary/aromatic N) is 2. The summed E-state index contributed by atoms with van der Waals surface area (Å²) < 4.78 is 11.6. The SMILES string of the molecule is CCOC(=O)C1=CN2C(CC1=O)/C(=c1\cccc(OCc3ccccc3)c1=C(C)C)N(C)CC2C(C)(C)C. The lowest BCUT2D eigenvalue weighted by Crippen LogP contribution is -2.61. The first-order valence-corrected chi connectivity index (χ1v) is 13.4. The number of benzene rings is 2. The van der Waals surface area contributed by atoms with Gasteiger partial charge in [-0.05, 0) is 37.8 Å². The number of Topliss-reactive ketones (excluding diaryl/α,β-unsaturated/α-hetero) is 1. The van der Waals surface area contributed by atoms with Crippen LogP contribution in [0.3, 0.4) is 0 Å². The number of hydrogen-bond acceptors (Lipinski definition) is 6. The number of hydrogen-bond donors (Lipinski definition) is 0. The summed E-state index contributed by atoms with van der Waals surface area (Å²) in [5.41, 5.74) is 3.37. The zero-order chi connectivity index (χ0) is 27.6. The van der Waals surface area contributed by atoms with Crippen LogP contribution < -0.4 is 15.2 Å². The van der Waals surface area contributed by atoms with E-state index in [1.54, 1.807) is 13.1 Å². The molecule has 2 heterocycles. The Bertz CT molecular complexity index is 1350. The number of ketones is 1. The van der Waals surface area contributed by atoms with Crippen molar-refractivity contribution in [1.29, 1.82) is 0 Å². The van der Waals surface area contributed by atoms with Gasteiger partial charge in [0.15, 0.2) is 5.78 Å². The van der Waals surface area contributed by atoms with E-state index in [-0.39, 0.29) is 41.9 Å². The second-order valence-corrected chi connectivity index (χ2v) is 11.5. The van der Waals surface area contributed by atoms with Crippen LogP contribution in [0, 0.1) is 5.41 Å². The fourth-order valence-corrected chi connectivity index (χ4v) is 5.55. The van der Waals surface area contributed by atoms with Gasteiger partial charge in [0.25, 0.3) is 0 Å². The van der Waals surface area contributed by atoms with Gasteiger partial charge in [0, 0.05) is 42.3 Å². The molecule has 0 radical (unpaired) electrons. The van der Waals surface area contributed by atoms with E-state index in [1.165, 1.54) is 0 Å². The zero-order valence-corrected chi connectivity index (χ0v) is 23.7. The molecule has 1 fully saturated rings. The first kappa shape index (κ1) is 27.5. The third-order valence-corrected chi connectivity index (χ3v) is 7.39. The Balaban J connectivity index is 1.88. The molecule has 2 aromatic carbocycles. The Morgan fingerprint density at radius 1 is 1.05 bits per heavy atom. The second-order valence-electron chi connectivity index (χ2n) is 11.5. The summed E-state index contributed by atoms with van der Waals surface area (Å²) in [4.78, 5) is 30.5. The molecule has 0 aromatic heterocycles. The number of rotatable bonds is 5. The van der Waals surface area contributed by atoms with Gasteiger partial charge in [-0.3, -0.25) is 4.79 Å². The van der Waals surface area contributed by atoms with E-state index in [1.807, 2.05) is 30.3 Å². The molecule has 2 atom stereocenters. The molecule has 4 rings (SSSR count). The number of piperazine rings is 1. The van der Waals surface area contributed by atoms with Crippen molar-refractivity contribution >= 4 is 23.0 Å². The average Bonchev–Trinajstić information content (AvgIpc) is 2.86. The van der Waals surface area contributed by atoms with Crippen molar-refractivity contribution in [1.82, 2.24) is 9.80 Å². The molecule has 0 N–H and O–H groups in total. The lowest BCUT2D eigenvalue weighted by molar-refractivity contribution is -0.140. The van der Waals surface area contributed by atoms with Crippen molar-refractivity contribution in [3.8, 4) is 5.75 Å². The largest absolute Gasteiger partial charge is 0.488 e. The van der Waals surface area contributed by atoms with Gasteiger partial charge >= 0.3 is 5.97 Å². The van der Waals surface area contributed by atoms with Crippen molar-refractivity contribution in [2.45, 2.75) is 66.7 Å². The van der Waals surface area contributed by atoms with E-state index in [0.29, 0.717) is 6.61 Å². The van der Waals surface area contributed by atoms with Gasteiger partial charge in [0.2, 0.25) is 0 Å². The van der Waals surface area contributed by atoms with Crippen LogP contribution >= 0.6 is 0 Å². The molecule has 2 aliphatic heterocycles. The smallest absolute Gasteiger partial charge is 0.343 e. The number of likely N-dealkylation sites (N-methyl/N-ethyl adjacent to an activating group) is 1. The highest BCUT2D eigenvalue weighted by Gasteiger charge is 2.45. The number of carbonyl (C=O) groups excluding carboxylic acids is 2. The van der Waals surface area contributed by atoms with Gasteiger partial charge in [0.05, 0.1) is 18.7 Å². The Morgan fingerprint density at radius 3 is 2.39 bits per heavy atom. The highest BCUT2D eigenvalue weighted by atomic mass is 16.5. The Morgan fingerprint density at radius 2 is 1.76 bits per heavy atom. The summed E-state index contributed by atoms with van der Waals surface area (Å²) in [5, 5.41) is 2.10. The lowest BCUT2D eigenvalue weighted by Gasteiger charge is -2.53. The Labute approximate surface area is 226 Å². The van der Waals surface area contributed by atoms with E-state index < -0.39 is 5.97 Å². The highest BCUT2D eigenvalue weighted by Crippen LogP contribution is 2.38. The van der Waals surface area contributed by atoms with Crippen LogP contribution in [0.5, 0.6) is 5.75 Å². The van der Waals surface area contributed by atoms with Gasteiger partial charge in [0.1, 0.15) is 17.9 Å². The summed E-state index contributed by atoms with van der Waals surface area (Å²) in [5.74, 6) is 0.0980. The van der Waals surface area contributed by atoms with Crippen molar-refractivity contribution in [3.05, 3.63) is 76.3 Å². The summed E-state index contributed by atoms with van der Waals surface area (Å²) in [6, 6.07) is 16.2. The fraction of sp³-hybridized carbons (Fsp3) is 0.438. The minimum atomic E-state index is -0.543. The molecule has 0 aliphatic carbocycles. The maximum absolute atomic E-state index is 13.3. The van der Waals surface area contributed by atoms with Gasteiger partial charge < -0.3 is 19.3 Å².